The highest BCUT2D eigenvalue weighted by molar-refractivity contribution is 7.91. The lowest BCUT2D eigenvalue weighted by molar-refractivity contribution is -0.115. The van der Waals surface area contributed by atoms with Crippen LogP contribution in [0.5, 0.6) is 0 Å². The van der Waals surface area contributed by atoms with E-state index in [9.17, 15) is 13.2 Å². The summed E-state index contributed by atoms with van der Waals surface area (Å²) in [5.74, 6) is 0.281. The van der Waals surface area contributed by atoms with Gasteiger partial charge in [0, 0.05) is 19.1 Å². The van der Waals surface area contributed by atoms with Crippen molar-refractivity contribution in [3.8, 4) is 0 Å². The molecule has 0 aliphatic carbocycles. The molecule has 20 heavy (non-hydrogen) atoms. The van der Waals surface area contributed by atoms with Crippen LogP contribution in [-0.4, -0.2) is 43.7 Å². The van der Waals surface area contributed by atoms with Crippen molar-refractivity contribution < 1.29 is 22.5 Å². The molecule has 7 nitrogen and oxygen atoms in total. The first-order valence-corrected chi connectivity index (χ1v) is 8.32. The number of aromatic nitrogens is 1. The van der Waals surface area contributed by atoms with Gasteiger partial charge in [0.25, 0.3) is 0 Å². The topological polar surface area (TPSA) is 98.5 Å². The van der Waals surface area contributed by atoms with Crippen LogP contribution in [0.25, 0.3) is 0 Å². The molecule has 1 aliphatic rings. The van der Waals surface area contributed by atoms with Gasteiger partial charge in [-0.05, 0) is 19.8 Å². The van der Waals surface area contributed by atoms with Gasteiger partial charge in [-0.1, -0.05) is 5.16 Å². The van der Waals surface area contributed by atoms with Crippen molar-refractivity contribution >= 4 is 21.6 Å². The Balaban J connectivity index is 1.77. The molecular formula is C12H18N2O5S. The number of carbonyl (C=O) groups is 1. The lowest BCUT2D eigenvalue weighted by Gasteiger charge is -2.09. The first kappa shape index (κ1) is 15.0. The summed E-state index contributed by atoms with van der Waals surface area (Å²) in [6.45, 7) is 2.32. The first-order valence-electron chi connectivity index (χ1n) is 6.50. The highest BCUT2D eigenvalue weighted by Gasteiger charge is 2.24. The third-order valence-electron chi connectivity index (χ3n) is 3.00. The molecule has 0 radical (unpaired) electrons. The van der Waals surface area contributed by atoms with Crippen LogP contribution in [0.1, 0.15) is 25.0 Å². The minimum atomic E-state index is -3.28. The van der Waals surface area contributed by atoms with E-state index in [1.165, 1.54) is 0 Å². The summed E-state index contributed by atoms with van der Waals surface area (Å²) >= 11 is 0. The molecule has 1 aromatic heterocycles. The second-order valence-corrected chi connectivity index (χ2v) is 7.10. The Bertz CT molecular complexity index is 560. The molecule has 0 aromatic carbocycles. The van der Waals surface area contributed by atoms with Crippen LogP contribution < -0.4 is 5.32 Å². The summed E-state index contributed by atoms with van der Waals surface area (Å²) in [6, 6.07) is 1.57. The minimum absolute atomic E-state index is 0.0106. The van der Waals surface area contributed by atoms with Crippen LogP contribution in [0.2, 0.25) is 0 Å². The molecule has 1 aromatic rings. The van der Waals surface area contributed by atoms with E-state index < -0.39 is 15.7 Å². The zero-order valence-corrected chi connectivity index (χ0v) is 12.1. The van der Waals surface area contributed by atoms with E-state index in [4.69, 9.17) is 9.26 Å². The monoisotopic (exact) mass is 302 g/mol. The van der Waals surface area contributed by atoms with Gasteiger partial charge in [-0.3, -0.25) is 4.79 Å². The van der Waals surface area contributed by atoms with Gasteiger partial charge in [-0.15, -0.1) is 0 Å². The Hall–Kier alpha value is -1.41. The van der Waals surface area contributed by atoms with Crippen molar-refractivity contribution in [2.45, 2.75) is 32.3 Å². The number of sulfone groups is 1. The number of hydrogen-bond donors (Lipinski definition) is 1. The van der Waals surface area contributed by atoms with Gasteiger partial charge in [-0.25, -0.2) is 8.42 Å². The Kier molecular flexibility index (Phi) is 4.77. The van der Waals surface area contributed by atoms with Gasteiger partial charge in [-0.2, -0.15) is 0 Å². The Morgan fingerprint density at radius 3 is 2.95 bits per heavy atom. The van der Waals surface area contributed by atoms with Gasteiger partial charge in [0.05, 0.1) is 17.6 Å². The van der Waals surface area contributed by atoms with E-state index in [1.807, 2.05) is 0 Å². The molecule has 2 heterocycles. The van der Waals surface area contributed by atoms with E-state index in [0.717, 1.165) is 12.8 Å². The smallest absolute Gasteiger partial charge is 0.226 e. The lowest BCUT2D eigenvalue weighted by Crippen LogP contribution is -2.25. The first-order chi connectivity index (χ1) is 9.44. The molecule has 0 saturated carbocycles. The molecular weight excluding hydrogens is 284 g/mol. The molecule has 1 fully saturated rings. The maximum absolute atomic E-state index is 11.9. The predicted octanol–water partition coefficient (Wildman–Crippen LogP) is 0.905. The number of rotatable bonds is 6. The molecule has 1 aliphatic heterocycles. The highest BCUT2D eigenvalue weighted by Crippen LogP contribution is 2.15. The van der Waals surface area contributed by atoms with Crippen molar-refractivity contribution in [2.24, 2.45) is 0 Å². The number of anilines is 1. The van der Waals surface area contributed by atoms with E-state index in [-0.39, 0.29) is 24.0 Å². The number of ether oxygens (including phenoxy) is 1. The Labute approximate surface area is 117 Å². The third kappa shape index (κ3) is 4.61. The van der Waals surface area contributed by atoms with Crippen LogP contribution in [0.15, 0.2) is 10.6 Å². The molecule has 112 valence electrons. The Morgan fingerprint density at radius 1 is 1.55 bits per heavy atom. The quantitative estimate of drug-likeness (QED) is 0.838. The van der Waals surface area contributed by atoms with Crippen LogP contribution in [0, 0.1) is 6.92 Å². The molecule has 1 unspecified atom stereocenters. The zero-order valence-electron chi connectivity index (χ0n) is 11.3. The summed E-state index contributed by atoms with van der Waals surface area (Å²) < 4.78 is 33.8. The molecule has 8 heteroatoms. The largest absolute Gasteiger partial charge is 0.377 e. The average molecular weight is 302 g/mol. The minimum Gasteiger partial charge on any atom is -0.377 e. The van der Waals surface area contributed by atoms with Crippen LogP contribution in [-0.2, 0) is 19.4 Å². The van der Waals surface area contributed by atoms with Crippen molar-refractivity contribution in [2.75, 3.05) is 23.4 Å². The van der Waals surface area contributed by atoms with Crippen LogP contribution in [0.3, 0.4) is 0 Å². The van der Waals surface area contributed by atoms with E-state index in [0.29, 0.717) is 18.2 Å². The number of hydrogen-bond acceptors (Lipinski definition) is 6. The van der Waals surface area contributed by atoms with E-state index in [1.54, 1.807) is 13.0 Å². The summed E-state index contributed by atoms with van der Waals surface area (Å²) in [6.07, 6.45) is 1.35. The summed E-state index contributed by atoms with van der Waals surface area (Å²) in [7, 11) is -3.28. The number of nitrogens with one attached hydrogen (secondary N) is 1. The molecule has 0 bridgehead atoms. The second-order valence-electron chi connectivity index (χ2n) is 4.87. The zero-order chi connectivity index (χ0) is 14.6. The second kappa shape index (κ2) is 6.36. The molecule has 1 saturated heterocycles. The molecule has 0 spiro atoms. The predicted molar refractivity (Wildman–Crippen MR) is 72.1 cm³/mol. The van der Waals surface area contributed by atoms with Crippen LogP contribution >= 0.6 is 0 Å². The number of nitrogens with zero attached hydrogens (tertiary/aromatic N) is 1. The number of carbonyl (C=O) groups excluding carboxylic acids is 1. The van der Waals surface area contributed by atoms with Gasteiger partial charge in [0.1, 0.15) is 5.76 Å². The van der Waals surface area contributed by atoms with Gasteiger partial charge in [0.15, 0.2) is 15.7 Å². The molecule has 1 amide bonds. The lowest BCUT2D eigenvalue weighted by atomic mass is 10.3. The SMILES string of the molecule is Cc1cc(NC(=O)CCS(=O)(=O)CC2CCCO2)no1. The van der Waals surface area contributed by atoms with Crippen LogP contribution in [0.4, 0.5) is 5.82 Å². The van der Waals surface area contributed by atoms with Crippen molar-refractivity contribution in [3.05, 3.63) is 11.8 Å². The summed E-state index contributed by atoms with van der Waals surface area (Å²) in [5, 5.41) is 6.10. The van der Waals surface area contributed by atoms with E-state index >= 15 is 0 Å². The fraction of sp³-hybridized carbons (Fsp3) is 0.667. The summed E-state index contributed by atoms with van der Waals surface area (Å²) in [5.41, 5.74) is 0. The Morgan fingerprint density at radius 2 is 2.35 bits per heavy atom. The normalized spacial score (nSPS) is 19.1. The van der Waals surface area contributed by atoms with Gasteiger partial charge >= 0.3 is 0 Å². The highest BCUT2D eigenvalue weighted by atomic mass is 32.2. The summed E-state index contributed by atoms with van der Waals surface area (Å²) in [4.78, 5) is 11.6. The maximum atomic E-state index is 11.9. The molecule has 2 rings (SSSR count). The fourth-order valence-electron chi connectivity index (χ4n) is 2.02. The van der Waals surface area contributed by atoms with Crippen molar-refractivity contribution in [1.82, 2.24) is 5.16 Å². The van der Waals surface area contributed by atoms with Crippen molar-refractivity contribution in [3.63, 3.8) is 0 Å². The third-order valence-corrected chi connectivity index (χ3v) is 4.71. The average Bonchev–Trinajstić information content (AvgIpc) is 2.99. The van der Waals surface area contributed by atoms with E-state index in [2.05, 4.69) is 10.5 Å². The maximum Gasteiger partial charge on any atom is 0.226 e. The molecule has 1 atom stereocenters. The van der Waals surface area contributed by atoms with Crippen molar-refractivity contribution in [1.29, 1.82) is 0 Å². The molecule has 1 N–H and O–H groups in total. The number of aryl methyl sites for hydroxylation is 1. The fourth-order valence-corrected chi connectivity index (χ4v) is 3.51. The standard InChI is InChI=1S/C12H18N2O5S/c1-9-7-11(14-19-9)13-12(15)4-6-20(16,17)8-10-3-2-5-18-10/h7,10H,2-6,8H2,1H3,(H,13,14,15). The number of amides is 1. The van der Waals surface area contributed by atoms with Gasteiger partial charge < -0.3 is 14.6 Å². The van der Waals surface area contributed by atoms with Gasteiger partial charge in [0.2, 0.25) is 5.91 Å².